The van der Waals surface area contributed by atoms with Gasteiger partial charge in [0.25, 0.3) is 0 Å². The summed E-state index contributed by atoms with van der Waals surface area (Å²) < 4.78 is 0. The maximum Gasteiger partial charge on any atom is 0.152 e. The molecule has 1 aromatic heterocycles. The van der Waals surface area contributed by atoms with Gasteiger partial charge < -0.3 is 5.11 Å². The standard InChI is InChI=1S/C17H13NO2/c19-10-12-5-7-13(8-6-12)17-15(11-20)9-14-3-1-2-4-16(14)18-17/h1-9,11,19H,10H2. The number of aliphatic hydroxyl groups is 1. The molecule has 1 N–H and O–H groups in total. The van der Waals surface area contributed by atoms with Gasteiger partial charge in [0.1, 0.15) is 0 Å². The van der Waals surface area contributed by atoms with E-state index < -0.39 is 0 Å². The number of hydrogen-bond donors (Lipinski definition) is 1. The minimum atomic E-state index is 0.00592. The van der Waals surface area contributed by atoms with Crippen LogP contribution in [0.1, 0.15) is 15.9 Å². The lowest BCUT2D eigenvalue weighted by molar-refractivity contribution is 0.112. The zero-order valence-corrected chi connectivity index (χ0v) is 10.8. The number of rotatable bonds is 3. The minimum absolute atomic E-state index is 0.00592. The Morgan fingerprint density at radius 1 is 1.05 bits per heavy atom. The van der Waals surface area contributed by atoms with E-state index in [1.807, 2.05) is 54.6 Å². The molecular formula is C17H13NO2. The van der Waals surface area contributed by atoms with Crippen LogP contribution in [0.4, 0.5) is 0 Å². The molecule has 1 heterocycles. The molecule has 0 saturated carbocycles. The number of hydrogen-bond acceptors (Lipinski definition) is 3. The number of nitrogens with zero attached hydrogens (tertiary/aromatic N) is 1. The van der Waals surface area contributed by atoms with Crippen molar-refractivity contribution in [3.8, 4) is 11.3 Å². The van der Waals surface area contributed by atoms with E-state index in [1.165, 1.54) is 0 Å². The first-order valence-corrected chi connectivity index (χ1v) is 6.37. The van der Waals surface area contributed by atoms with E-state index in [4.69, 9.17) is 5.11 Å². The van der Waals surface area contributed by atoms with Crippen molar-refractivity contribution in [1.29, 1.82) is 0 Å². The van der Waals surface area contributed by atoms with Gasteiger partial charge in [-0.15, -0.1) is 0 Å². The molecule has 0 saturated heterocycles. The molecule has 0 fully saturated rings. The van der Waals surface area contributed by atoms with Gasteiger partial charge in [-0.2, -0.15) is 0 Å². The summed E-state index contributed by atoms with van der Waals surface area (Å²) in [5.41, 5.74) is 3.81. The Hall–Kier alpha value is -2.52. The van der Waals surface area contributed by atoms with Gasteiger partial charge in [-0.1, -0.05) is 42.5 Å². The van der Waals surface area contributed by atoms with Gasteiger partial charge in [0.15, 0.2) is 6.29 Å². The molecule has 0 spiro atoms. The molecule has 0 aliphatic heterocycles. The highest BCUT2D eigenvalue weighted by molar-refractivity contribution is 5.93. The highest BCUT2D eigenvalue weighted by Crippen LogP contribution is 2.25. The highest BCUT2D eigenvalue weighted by Gasteiger charge is 2.08. The Kier molecular flexibility index (Phi) is 3.27. The molecule has 2 aromatic carbocycles. The van der Waals surface area contributed by atoms with Gasteiger partial charge in [-0.3, -0.25) is 4.79 Å². The Bertz CT molecular complexity index is 764. The number of carbonyl (C=O) groups excluding carboxylic acids is 1. The molecule has 0 bridgehead atoms. The fourth-order valence-corrected chi connectivity index (χ4v) is 2.22. The number of pyridine rings is 1. The van der Waals surface area contributed by atoms with Crippen LogP contribution >= 0.6 is 0 Å². The Labute approximate surface area is 116 Å². The van der Waals surface area contributed by atoms with Gasteiger partial charge in [-0.25, -0.2) is 4.98 Å². The first kappa shape index (κ1) is 12.5. The summed E-state index contributed by atoms with van der Waals surface area (Å²) in [6, 6.07) is 17.0. The van der Waals surface area contributed by atoms with E-state index in [2.05, 4.69) is 4.98 Å². The van der Waals surface area contributed by atoms with Crippen molar-refractivity contribution >= 4 is 17.2 Å². The van der Waals surface area contributed by atoms with E-state index in [-0.39, 0.29) is 6.61 Å². The average molecular weight is 263 g/mol. The van der Waals surface area contributed by atoms with Crippen molar-refractivity contribution in [1.82, 2.24) is 4.98 Å². The SMILES string of the molecule is O=Cc1cc2ccccc2nc1-c1ccc(CO)cc1. The lowest BCUT2D eigenvalue weighted by atomic mass is 10.0. The number of aliphatic hydroxyl groups excluding tert-OH is 1. The van der Waals surface area contributed by atoms with E-state index in [0.717, 1.165) is 28.3 Å². The number of benzene rings is 2. The third-order valence-electron chi connectivity index (χ3n) is 3.29. The molecule has 3 rings (SSSR count). The predicted molar refractivity (Wildman–Crippen MR) is 78.5 cm³/mol. The number of aromatic nitrogens is 1. The van der Waals surface area contributed by atoms with Crippen molar-refractivity contribution in [2.75, 3.05) is 0 Å². The molecule has 3 aromatic rings. The van der Waals surface area contributed by atoms with Crippen LogP contribution in [0.3, 0.4) is 0 Å². The second kappa shape index (κ2) is 5.23. The van der Waals surface area contributed by atoms with Crippen LogP contribution in [0, 0.1) is 0 Å². The van der Waals surface area contributed by atoms with Gasteiger partial charge in [0, 0.05) is 16.5 Å². The molecule has 0 amide bonds. The Balaban J connectivity index is 2.19. The van der Waals surface area contributed by atoms with Crippen LogP contribution in [-0.4, -0.2) is 16.4 Å². The van der Waals surface area contributed by atoms with E-state index in [9.17, 15) is 4.79 Å². The molecule has 0 radical (unpaired) electrons. The largest absolute Gasteiger partial charge is 0.392 e. The van der Waals surface area contributed by atoms with Crippen molar-refractivity contribution in [3.05, 3.63) is 65.7 Å². The first-order chi connectivity index (χ1) is 9.81. The van der Waals surface area contributed by atoms with Gasteiger partial charge in [-0.05, 0) is 17.7 Å². The van der Waals surface area contributed by atoms with E-state index in [1.54, 1.807) is 0 Å². The van der Waals surface area contributed by atoms with Crippen LogP contribution < -0.4 is 0 Å². The maximum absolute atomic E-state index is 11.3. The van der Waals surface area contributed by atoms with Crippen molar-refractivity contribution in [3.63, 3.8) is 0 Å². The van der Waals surface area contributed by atoms with Gasteiger partial charge in [0.2, 0.25) is 0 Å². The summed E-state index contributed by atoms with van der Waals surface area (Å²) >= 11 is 0. The van der Waals surface area contributed by atoms with Crippen LogP contribution in [-0.2, 0) is 6.61 Å². The quantitative estimate of drug-likeness (QED) is 0.738. The number of para-hydroxylation sites is 1. The fraction of sp³-hybridized carbons (Fsp3) is 0.0588. The topological polar surface area (TPSA) is 50.2 Å². The van der Waals surface area contributed by atoms with Crippen molar-refractivity contribution < 1.29 is 9.90 Å². The summed E-state index contributed by atoms with van der Waals surface area (Å²) in [5, 5.41) is 10.0. The second-order valence-electron chi connectivity index (χ2n) is 4.59. The smallest absolute Gasteiger partial charge is 0.152 e. The zero-order chi connectivity index (χ0) is 13.9. The van der Waals surface area contributed by atoms with Crippen molar-refractivity contribution in [2.24, 2.45) is 0 Å². The average Bonchev–Trinajstić information content (AvgIpc) is 2.53. The van der Waals surface area contributed by atoms with Crippen LogP contribution in [0.25, 0.3) is 22.2 Å². The summed E-state index contributed by atoms with van der Waals surface area (Å²) in [5.74, 6) is 0. The summed E-state index contributed by atoms with van der Waals surface area (Å²) in [4.78, 5) is 15.9. The molecule has 98 valence electrons. The molecule has 0 aliphatic carbocycles. The van der Waals surface area contributed by atoms with Crippen LogP contribution in [0.2, 0.25) is 0 Å². The highest BCUT2D eigenvalue weighted by atomic mass is 16.3. The van der Waals surface area contributed by atoms with Crippen molar-refractivity contribution in [2.45, 2.75) is 6.61 Å². The molecule has 20 heavy (non-hydrogen) atoms. The maximum atomic E-state index is 11.3. The third-order valence-corrected chi connectivity index (χ3v) is 3.29. The number of fused-ring (bicyclic) bond motifs is 1. The van der Waals surface area contributed by atoms with E-state index in [0.29, 0.717) is 11.3 Å². The monoisotopic (exact) mass is 263 g/mol. The fourth-order valence-electron chi connectivity index (χ4n) is 2.22. The molecule has 0 unspecified atom stereocenters. The summed E-state index contributed by atoms with van der Waals surface area (Å²) in [6.07, 6.45) is 0.828. The molecule has 3 heteroatoms. The molecule has 0 atom stereocenters. The number of aldehydes is 1. The zero-order valence-electron chi connectivity index (χ0n) is 10.8. The van der Waals surface area contributed by atoms with Gasteiger partial charge in [0.05, 0.1) is 17.8 Å². The third kappa shape index (κ3) is 2.19. The van der Waals surface area contributed by atoms with Crippen LogP contribution in [0.5, 0.6) is 0 Å². The first-order valence-electron chi connectivity index (χ1n) is 6.37. The van der Waals surface area contributed by atoms with Crippen LogP contribution in [0.15, 0.2) is 54.6 Å². The molecule has 0 aliphatic rings. The predicted octanol–water partition coefficient (Wildman–Crippen LogP) is 3.21. The Morgan fingerprint density at radius 3 is 2.50 bits per heavy atom. The lowest BCUT2D eigenvalue weighted by Crippen LogP contribution is -1.93. The lowest BCUT2D eigenvalue weighted by Gasteiger charge is -2.07. The summed E-state index contributed by atoms with van der Waals surface area (Å²) in [7, 11) is 0. The number of carbonyl (C=O) groups is 1. The Morgan fingerprint density at radius 2 is 1.80 bits per heavy atom. The van der Waals surface area contributed by atoms with Gasteiger partial charge >= 0.3 is 0 Å². The normalized spacial score (nSPS) is 10.7. The molecule has 3 nitrogen and oxygen atoms in total. The minimum Gasteiger partial charge on any atom is -0.392 e. The van der Waals surface area contributed by atoms with E-state index >= 15 is 0 Å². The molecular weight excluding hydrogens is 250 g/mol. The summed E-state index contributed by atoms with van der Waals surface area (Å²) in [6.45, 7) is 0.00592. The second-order valence-corrected chi connectivity index (χ2v) is 4.59.